The van der Waals surface area contributed by atoms with Crippen LogP contribution in [0.25, 0.3) is 0 Å². The van der Waals surface area contributed by atoms with Crippen molar-refractivity contribution in [3.8, 4) is 0 Å². The van der Waals surface area contributed by atoms with Crippen molar-refractivity contribution in [2.24, 2.45) is 0 Å². The van der Waals surface area contributed by atoms with Gasteiger partial charge in [-0.1, -0.05) is 6.07 Å². The van der Waals surface area contributed by atoms with E-state index in [0.717, 1.165) is 6.07 Å². The zero-order chi connectivity index (χ0) is 13.7. The lowest BCUT2D eigenvalue weighted by Gasteiger charge is -2.11. The largest absolute Gasteiger partial charge is 0.479 e. The van der Waals surface area contributed by atoms with E-state index in [0.29, 0.717) is 5.56 Å². The lowest BCUT2D eigenvalue weighted by Crippen LogP contribution is -2.38. The molecule has 0 spiro atoms. The second-order valence-corrected chi connectivity index (χ2v) is 3.65. The highest BCUT2D eigenvalue weighted by Gasteiger charge is 2.14. The summed E-state index contributed by atoms with van der Waals surface area (Å²) >= 11 is 0. The number of hydrogen-bond donors (Lipinski definition) is 4. The molecule has 0 aliphatic carbocycles. The van der Waals surface area contributed by atoms with Crippen molar-refractivity contribution in [3.05, 3.63) is 29.6 Å². The van der Waals surface area contributed by atoms with Gasteiger partial charge in [-0.2, -0.15) is 0 Å². The molecule has 1 rings (SSSR count). The Hall–Kier alpha value is -2.15. The normalized spacial score (nSPS) is 11.7. The molecular weight excluding hydrogens is 243 g/mol. The second kappa shape index (κ2) is 5.97. The number of aryl methyl sites for hydroxylation is 1. The number of hydrogen-bond acceptors (Lipinski definition) is 3. The smallest absolute Gasteiger partial charge is 0.334 e. The summed E-state index contributed by atoms with van der Waals surface area (Å²) < 4.78 is 12.9. The van der Waals surface area contributed by atoms with Gasteiger partial charge in [0.15, 0.2) is 6.10 Å². The molecule has 0 unspecified atom stereocenters. The number of aliphatic hydroxyl groups excluding tert-OH is 1. The van der Waals surface area contributed by atoms with Crippen molar-refractivity contribution >= 4 is 17.7 Å². The third-order valence-corrected chi connectivity index (χ3v) is 2.19. The van der Waals surface area contributed by atoms with E-state index in [1.54, 1.807) is 6.92 Å². The first kappa shape index (κ1) is 13.9. The average molecular weight is 256 g/mol. The summed E-state index contributed by atoms with van der Waals surface area (Å²) in [6, 6.07) is 3.18. The van der Waals surface area contributed by atoms with Crippen molar-refractivity contribution in [2.75, 3.05) is 11.9 Å². The molecular formula is C11H13FN2O4. The van der Waals surface area contributed by atoms with E-state index >= 15 is 0 Å². The van der Waals surface area contributed by atoms with E-state index in [4.69, 9.17) is 10.2 Å². The monoisotopic (exact) mass is 256 g/mol. The fraction of sp³-hybridized carbons (Fsp3) is 0.273. The minimum Gasteiger partial charge on any atom is -0.479 e. The minimum absolute atomic E-state index is 0.275. The second-order valence-electron chi connectivity index (χ2n) is 3.65. The SMILES string of the molecule is Cc1ccc(F)cc1NC(=O)NC[C@H](O)C(=O)O. The first-order chi connectivity index (χ1) is 8.40. The highest BCUT2D eigenvalue weighted by Crippen LogP contribution is 2.15. The molecule has 98 valence electrons. The number of nitrogens with one attached hydrogen (secondary N) is 2. The maximum Gasteiger partial charge on any atom is 0.334 e. The first-order valence-corrected chi connectivity index (χ1v) is 5.12. The van der Waals surface area contributed by atoms with E-state index in [2.05, 4.69) is 10.6 Å². The number of urea groups is 1. The van der Waals surface area contributed by atoms with Gasteiger partial charge in [0.1, 0.15) is 5.82 Å². The standard InChI is InChI=1S/C11H13FN2O4/c1-6-2-3-7(12)4-8(6)14-11(18)13-5-9(15)10(16)17/h2-4,9,15H,5H2,1H3,(H,16,17)(H2,13,14,18)/t9-/m0/s1. The fourth-order valence-electron chi connectivity index (χ4n) is 1.17. The van der Waals surface area contributed by atoms with E-state index in [1.807, 2.05) is 0 Å². The summed E-state index contributed by atoms with van der Waals surface area (Å²) in [7, 11) is 0. The number of carboxylic acid groups (broad SMARTS) is 1. The van der Waals surface area contributed by atoms with Crippen LogP contribution in [0.2, 0.25) is 0 Å². The van der Waals surface area contributed by atoms with E-state index < -0.39 is 30.5 Å². The Morgan fingerprint density at radius 1 is 1.44 bits per heavy atom. The molecule has 1 aromatic rings. The van der Waals surface area contributed by atoms with Gasteiger partial charge >= 0.3 is 12.0 Å². The number of aliphatic carboxylic acids is 1. The molecule has 1 atom stereocenters. The Bertz CT molecular complexity index is 464. The first-order valence-electron chi connectivity index (χ1n) is 5.12. The van der Waals surface area contributed by atoms with E-state index in [9.17, 15) is 14.0 Å². The summed E-state index contributed by atoms with van der Waals surface area (Å²) in [4.78, 5) is 21.7. The molecule has 0 aliphatic rings. The van der Waals surface area contributed by atoms with Crippen molar-refractivity contribution < 1.29 is 24.2 Å². The molecule has 0 saturated heterocycles. The summed E-state index contributed by atoms with van der Waals surface area (Å²) in [6.07, 6.45) is -1.68. The maximum atomic E-state index is 12.9. The van der Waals surface area contributed by atoms with Crippen molar-refractivity contribution in [3.63, 3.8) is 0 Å². The number of rotatable bonds is 4. The van der Waals surface area contributed by atoms with Crippen molar-refractivity contribution in [1.29, 1.82) is 0 Å². The zero-order valence-corrected chi connectivity index (χ0v) is 9.61. The number of amides is 2. The molecule has 0 aromatic heterocycles. The number of carbonyl (C=O) groups excluding carboxylic acids is 1. The molecule has 0 bridgehead atoms. The molecule has 1 aromatic carbocycles. The molecule has 2 amide bonds. The third-order valence-electron chi connectivity index (χ3n) is 2.19. The van der Waals surface area contributed by atoms with Crippen LogP contribution in [-0.2, 0) is 4.79 Å². The fourth-order valence-corrected chi connectivity index (χ4v) is 1.17. The summed E-state index contributed by atoms with van der Waals surface area (Å²) in [6.45, 7) is 1.25. The van der Waals surface area contributed by atoms with Crippen LogP contribution in [0, 0.1) is 12.7 Å². The van der Waals surface area contributed by atoms with Crippen LogP contribution in [0.3, 0.4) is 0 Å². The number of anilines is 1. The lowest BCUT2D eigenvalue weighted by atomic mass is 10.2. The van der Waals surface area contributed by atoms with Crippen LogP contribution < -0.4 is 10.6 Å². The van der Waals surface area contributed by atoms with Crippen LogP contribution in [-0.4, -0.2) is 34.9 Å². The van der Waals surface area contributed by atoms with Gasteiger partial charge in [-0.05, 0) is 24.6 Å². The zero-order valence-electron chi connectivity index (χ0n) is 9.61. The Balaban J connectivity index is 2.54. The van der Waals surface area contributed by atoms with Crippen LogP contribution >= 0.6 is 0 Å². The summed E-state index contributed by atoms with van der Waals surface area (Å²) in [5, 5.41) is 21.8. The van der Waals surface area contributed by atoms with E-state index in [-0.39, 0.29) is 5.69 Å². The molecule has 0 saturated carbocycles. The third kappa shape index (κ3) is 4.02. The molecule has 18 heavy (non-hydrogen) atoms. The Morgan fingerprint density at radius 2 is 2.11 bits per heavy atom. The maximum absolute atomic E-state index is 12.9. The molecule has 0 fully saturated rings. The van der Waals surface area contributed by atoms with Crippen LogP contribution in [0.15, 0.2) is 18.2 Å². The van der Waals surface area contributed by atoms with Crippen LogP contribution in [0.1, 0.15) is 5.56 Å². The van der Waals surface area contributed by atoms with Crippen LogP contribution in [0.4, 0.5) is 14.9 Å². The summed E-state index contributed by atoms with van der Waals surface area (Å²) in [5.74, 6) is -1.93. The molecule has 7 heteroatoms. The molecule has 4 N–H and O–H groups in total. The highest BCUT2D eigenvalue weighted by molar-refractivity contribution is 5.90. The number of halogens is 1. The molecule has 6 nitrogen and oxygen atoms in total. The van der Waals surface area contributed by atoms with Gasteiger partial charge in [0.25, 0.3) is 0 Å². The van der Waals surface area contributed by atoms with Gasteiger partial charge in [0.05, 0.1) is 6.54 Å². The predicted molar refractivity (Wildman–Crippen MR) is 61.8 cm³/mol. The summed E-state index contributed by atoms with van der Waals surface area (Å²) in [5.41, 5.74) is 0.933. The number of carboxylic acids is 1. The predicted octanol–water partition coefficient (Wildman–Crippen LogP) is 0.701. The Labute approximate surface area is 102 Å². The number of carbonyl (C=O) groups is 2. The van der Waals surface area contributed by atoms with Gasteiger partial charge in [-0.25, -0.2) is 14.0 Å². The molecule has 0 radical (unpaired) electrons. The van der Waals surface area contributed by atoms with Gasteiger partial charge in [0.2, 0.25) is 0 Å². The van der Waals surface area contributed by atoms with Gasteiger partial charge in [-0.15, -0.1) is 0 Å². The quantitative estimate of drug-likeness (QED) is 0.637. The average Bonchev–Trinajstić information content (AvgIpc) is 2.30. The van der Waals surface area contributed by atoms with Gasteiger partial charge in [0, 0.05) is 5.69 Å². The van der Waals surface area contributed by atoms with Crippen LogP contribution in [0.5, 0.6) is 0 Å². The number of benzene rings is 1. The lowest BCUT2D eigenvalue weighted by molar-refractivity contribution is -0.146. The van der Waals surface area contributed by atoms with Gasteiger partial charge < -0.3 is 20.8 Å². The van der Waals surface area contributed by atoms with Crippen molar-refractivity contribution in [2.45, 2.75) is 13.0 Å². The Kier molecular flexibility index (Phi) is 4.61. The topological polar surface area (TPSA) is 98.7 Å². The highest BCUT2D eigenvalue weighted by atomic mass is 19.1. The van der Waals surface area contributed by atoms with Gasteiger partial charge in [-0.3, -0.25) is 0 Å². The minimum atomic E-state index is -1.68. The Morgan fingerprint density at radius 3 is 2.72 bits per heavy atom. The molecule has 0 aliphatic heterocycles. The number of aliphatic hydroxyl groups is 1. The van der Waals surface area contributed by atoms with E-state index in [1.165, 1.54) is 12.1 Å². The molecule has 0 heterocycles. The van der Waals surface area contributed by atoms with Crippen molar-refractivity contribution in [1.82, 2.24) is 5.32 Å².